The van der Waals surface area contributed by atoms with Gasteiger partial charge < -0.3 is 15.1 Å². The summed E-state index contributed by atoms with van der Waals surface area (Å²) in [6.07, 6.45) is 1.96. The van der Waals surface area contributed by atoms with Crippen molar-refractivity contribution >= 4 is 27.7 Å². The number of hydrogen-bond acceptors (Lipinski definition) is 3. The minimum absolute atomic E-state index is 0.0408. The normalized spacial score (nSPS) is 10.0. The van der Waals surface area contributed by atoms with Crippen molar-refractivity contribution in [2.24, 2.45) is 0 Å². The molecule has 0 atom stereocenters. The first kappa shape index (κ1) is 13.8. The number of carbonyl (C=O) groups excluding carboxylic acids is 2. The molecule has 0 spiro atoms. The van der Waals surface area contributed by atoms with E-state index in [1.54, 1.807) is 6.07 Å². The van der Waals surface area contributed by atoms with Crippen LogP contribution in [0.2, 0.25) is 0 Å². The van der Waals surface area contributed by atoms with Crippen LogP contribution in [0.15, 0.2) is 21.2 Å². The van der Waals surface area contributed by atoms with Crippen molar-refractivity contribution in [1.29, 1.82) is 0 Å². The molecule has 94 valence electrons. The second-order valence-electron chi connectivity index (χ2n) is 3.49. The Balaban J connectivity index is 2.26. The van der Waals surface area contributed by atoms with Gasteiger partial charge in [-0.05, 0) is 34.5 Å². The van der Waals surface area contributed by atoms with Gasteiger partial charge in [-0.15, -0.1) is 0 Å². The van der Waals surface area contributed by atoms with Crippen molar-refractivity contribution in [3.05, 3.63) is 22.6 Å². The van der Waals surface area contributed by atoms with Gasteiger partial charge in [0.05, 0.1) is 6.54 Å². The fourth-order valence-electron chi connectivity index (χ4n) is 1.15. The lowest BCUT2D eigenvalue weighted by Crippen LogP contribution is -2.37. The Labute approximate surface area is 108 Å². The van der Waals surface area contributed by atoms with Gasteiger partial charge in [-0.2, -0.15) is 0 Å². The van der Waals surface area contributed by atoms with Crippen LogP contribution in [-0.4, -0.2) is 24.9 Å². The Bertz CT molecular complexity index is 390. The molecular formula is C11H15BrN2O3. The van der Waals surface area contributed by atoms with Gasteiger partial charge in [-0.1, -0.05) is 13.3 Å². The number of rotatable bonds is 6. The fourth-order valence-corrected chi connectivity index (χ4v) is 1.46. The van der Waals surface area contributed by atoms with Crippen molar-refractivity contribution in [3.63, 3.8) is 0 Å². The van der Waals surface area contributed by atoms with Gasteiger partial charge >= 0.3 is 0 Å². The molecule has 1 aromatic rings. The number of furan rings is 1. The van der Waals surface area contributed by atoms with Gasteiger partial charge in [-0.3, -0.25) is 9.59 Å². The van der Waals surface area contributed by atoms with Gasteiger partial charge in [-0.25, -0.2) is 0 Å². The summed E-state index contributed by atoms with van der Waals surface area (Å²) in [6.45, 7) is 2.64. The van der Waals surface area contributed by atoms with Gasteiger partial charge in [0.15, 0.2) is 10.4 Å². The molecule has 17 heavy (non-hydrogen) atoms. The highest BCUT2D eigenvalue weighted by Gasteiger charge is 2.11. The minimum Gasteiger partial charge on any atom is -0.444 e. The number of hydrogen-bond donors (Lipinski definition) is 2. The highest BCUT2D eigenvalue weighted by molar-refractivity contribution is 9.10. The number of nitrogens with one attached hydrogen (secondary N) is 2. The molecule has 0 saturated heterocycles. The molecule has 0 bridgehead atoms. The molecule has 0 fully saturated rings. The Hall–Kier alpha value is -1.30. The van der Waals surface area contributed by atoms with E-state index in [9.17, 15) is 9.59 Å². The Morgan fingerprint density at radius 1 is 1.35 bits per heavy atom. The molecule has 6 heteroatoms. The highest BCUT2D eigenvalue weighted by atomic mass is 79.9. The lowest BCUT2D eigenvalue weighted by Gasteiger charge is -2.04. The van der Waals surface area contributed by atoms with Gasteiger partial charge in [0, 0.05) is 6.54 Å². The van der Waals surface area contributed by atoms with Crippen molar-refractivity contribution in [2.45, 2.75) is 19.8 Å². The number of unbranched alkanes of at least 4 members (excludes halogenated alkanes) is 1. The first-order valence-electron chi connectivity index (χ1n) is 5.43. The van der Waals surface area contributed by atoms with E-state index < -0.39 is 5.91 Å². The van der Waals surface area contributed by atoms with Crippen LogP contribution < -0.4 is 10.6 Å². The third-order valence-electron chi connectivity index (χ3n) is 2.06. The maximum atomic E-state index is 11.5. The van der Waals surface area contributed by atoms with Crippen LogP contribution in [0.25, 0.3) is 0 Å². The Kier molecular flexibility index (Phi) is 5.76. The maximum absolute atomic E-state index is 11.5. The summed E-state index contributed by atoms with van der Waals surface area (Å²) in [5.41, 5.74) is 0. The number of carbonyl (C=O) groups is 2. The van der Waals surface area contributed by atoms with E-state index in [0.717, 1.165) is 12.8 Å². The average Bonchev–Trinajstić information content (AvgIpc) is 2.73. The van der Waals surface area contributed by atoms with E-state index in [2.05, 4.69) is 26.6 Å². The smallest absolute Gasteiger partial charge is 0.287 e. The third-order valence-corrected chi connectivity index (χ3v) is 2.49. The zero-order valence-electron chi connectivity index (χ0n) is 9.59. The summed E-state index contributed by atoms with van der Waals surface area (Å²) in [5, 5.41) is 5.18. The fraction of sp³-hybridized carbons (Fsp3) is 0.455. The predicted octanol–water partition coefficient (Wildman–Crippen LogP) is 1.69. The van der Waals surface area contributed by atoms with E-state index in [1.807, 2.05) is 6.92 Å². The van der Waals surface area contributed by atoms with E-state index in [4.69, 9.17) is 4.42 Å². The van der Waals surface area contributed by atoms with Crippen LogP contribution >= 0.6 is 15.9 Å². The Morgan fingerprint density at radius 2 is 2.12 bits per heavy atom. The minimum atomic E-state index is -0.402. The molecule has 0 aliphatic heterocycles. The standard InChI is InChI=1S/C11H15BrN2O3/c1-2-3-6-13-10(15)7-14-11(16)8-4-5-9(12)17-8/h4-5H,2-3,6-7H2,1H3,(H,13,15)(H,14,16). The van der Waals surface area contributed by atoms with Crippen LogP contribution in [0.5, 0.6) is 0 Å². The van der Waals surface area contributed by atoms with E-state index in [1.165, 1.54) is 6.07 Å². The second-order valence-corrected chi connectivity index (χ2v) is 4.27. The number of amides is 2. The van der Waals surface area contributed by atoms with E-state index in [0.29, 0.717) is 11.2 Å². The summed E-state index contributed by atoms with van der Waals surface area (Å²) in [4.78, 5) is 22.8. The van der Waals surface area contributed by atoms with Crippen molar-refractivity contribution in [3.8, 4) is 0 Å². The maximum Gasteiger partial charge on any atom is 0.287 e. The molecule has 0 radical (unpaired) electrons. The largest absolute Gasteiger partial charge is 0.444 e. The molecule has 0 aromatic carbocycles. The molecule has 5 nitrogen and oxygen atoms in total. The number of halogens is 1. The van der Waals surface area contributed by atoms with Crippen LogP contribution in [0, 0.1) is 0 Å². The lowest BCUT2D eigenvalue weighted by atomic mass is 10.3. The van der Waals surface area contributed by atoms with Crippen molar-refractivity contribution in [1.82, 2.24) is 10.6 Å². The highest BCUT2D eigenvalue weighted by Crippen LogP contribution is 2.13. The van der Waals surface area contributed by atoms with Crippen molar-refractivity contribution in [2.75, 3.05) is 13.1 Å². The topological polar surface area (TPSA) is 71.3 Å². The summed E-state index contributed by atoms with van der Waals surface area (Å²) < 4.78 is 5.53. The molecule has 1 aromatic heterocycles. The zero-order chi connectivity index (χ0) is 12.7. The first-order valence-corrected chi connectivity index (χ1v) is 6.23. The molecule has 0 aliphatic carbocycles. The van der Waals surface area contributed by atoms with E-state index in [-0.39, 0.29) is 18.2 Å². The van der Waals surface area contributed by atoms with Crippen LogP contribution in [0.4, 0.5) is 0 Å². The molecule has 0 saturated carbocycles. The molecule has 2 amide bonds. The average molecular weight is 303 g/mol. The van der Waals surface area contributed by atoms with E-state index >= 15 is 0 Å². The van der Waals surface area contributed by atoms with Crippen LogP contribution in [0.1, 0.15) is 30.3 Å². The summed E-state index contributed by atoms with van der Waals surface area (Å²) in [6, 6.07) is 3.16. The van der Waals surface area contributed by atoms with Gasteiger partial charge in [0.25, 0.3) is 5.91 Å². The molecule has 1 rings (SSSR count). The van der Waals surface area contributed by atoms with Crippen LogP contribution in [-0.2, 0) is 4.79 Å². The van der Waals surface area contributed by atoms with Crippen molar-refractivity contribution < 1.29 is 14.0 Å². The quantitative estimate of drug-likeness (QED) is 0.786. The first-order chi connectivity index (χ1) is 8.13. The molecule has 0 aliphatic rings. The summed E-state index contributed by atoms with van der Waals surface area (Å²) >= 11 is 3.10. The second kappa shape index (κ2) is 7.11. The van der Waals surface area contributed by atoms with Gasteiger partial charge in [0.1, 0.15) is 0 Å². The lowest BCUT2D eigenvalue weighted by molar-refractivity contribution is -0.120. The third kappa shape index (κ3) is 5.04. The Morgan fingerprint density at radius 3 is 2.71 bits per heavy atom. The SMILES string of the molecule is CCCCNC(=O)CNC(=O)c1ccc(Br)o1. The zero-order valence-corrected chi connectivity index (χ0v) is 11.2. The van der Waals surface area contributed by atoms with Gasteiger partial charge in [0.2, 0.25) is 5.91 Å². The molecule has 2 N–H and O–H groups in total. The molecule has 0 unspecified atom stereocenters. The predicted molar refractivity (Wildman–Crippen MR) is 66.7 cm³/mol. The summed E-state index contributed by atoms with van der Waals surface area (Å²) in [5.74, 6) is -0.419. The monoisotopic (exact) mass is 302 g/mol. The van der Waals surface area contributed by atoms with Crippen LogP contribution in [0.3, 0.4) is 0 Å². The molecule has 1 heterocycles. The molecular weight excluding hydrogens is 288 g/mol. The summed E-state index contributed by atoms with van der Waals surface area (Å²) in [7, 11) is 0.